The van der Waals surface area contributed by atoms with Crippen LogP contribution in [0, 0.1) is 0 Å². The van der Waals surface area contributed by atoms with Gasteiger partial charge in [-0.05, 0) is 18.6 Å². The lowest BCUT2D eigenvalue weighted by molar-refractivity contribution is 0.00272. The quantitative estimate of drug-likeness (QED) is 0.856. The third-order valence-electron chi connectivity index (χ3n) is 4.40. The molecule has 24 heavy (non-hydrogen) atoms. The average molecular weight is 336 g/mol. The van der Waals surface area contributed by atoms with Gasteiger partial charge in [-0.3, -0.25) is 4.79 Å². The van der Waals surface area contributed by atoms with Gasteiger partial charge in [0, 0.05) is 25.9 Å². The molecule has 1 unspecified atom stereocenters. The molecular formula is C17H18F2N2O3. The van der Waals surface area contributed by atoms with Crippen molar-refractivity contribution in [2.45, 2.75) is 31.2 Å². The van der Waals surface area contributed by atoms with E-state index in [4.69, 9.17) is 9.26 Å². The molecule has 0 aliphatic heterocycles. The van der Waals surface area contributed by atoms with E-state index in [2.05, 4.69) is 5.16 Å². The van der Waals surface area contributed by atoms with Crippen LogP contribution in [0.15, 0.2) is 35.0 Å². The Morgan fingerprint density at radius 1 is 1.42 bits per heavy atom. The molecule has 0 saturated heterocycles. The first-order chi connectivity index (χ1) is 11.4. The van der Waals surface area contributed by atoms with Crippen molar-refractivity contribution in [1.29, 1.82) is 0 Å². The van der Waals surface area contributed by atoms with Gasteiger partial charge in [0.1, 0.15) is 11.3 Å². The Kier molecular flexibility index (Phi) is 4.26. The molecule has 1 aromatic heterocycles. The van der Waals surface area contributed by atoms with Crippen LogP contribution in [0.5, 0.6) is 5.75 Å². The molecule has 5 nitrogen and oxygen atoms in total. The van der Waals surface area contributed by atoms with Gasteiger partial charge in [-0.25, -0.2) is 8.78 Å². The van der Waals surface area contributed by atoms with Gasteiger partial charge in [-0.15, -0.1) is 0 Å². The zero-order chi connectivity index (χ0) is 17.3. The highest BCUT2D eigenvalue weighted by Crippen LogP contribution is 2.38. The summed E-state index contributed by atoms with van der Waals surface area (Å²) < 4.78 is 37.4. The number of benzene rings is 1. The SMILES string of the molecule is COc1ccccc1-c1oncc1C(=O)N(C)C1CCC(F)(F)C1. The lowest BCUT2D eigenvalue weighted by Crippen LogP contribution is -2.36. The molecule has 1 aromatic carbocycles. The number of amides is 1. The Morgan fingerprint density at radius 3 is 2.83 bits per heavy atom. The molecule has 2 aromatic rings. The molecule has 0 N–H and O–H groups in total. The monoisotopic (exact) mass is 336 g/mol. The second kappa shape index (κ2) is 6.22. The van der Waals surface area contributed by atoms with Crippen LogP contribution in [-0.4, -0.2) is 42.1 Å². The van der Waals surface area contributed by atoms with Crippen molar-refractivity contribution in [2.75, 3.05) is 14.2 Å². The zero-order valence-electron chi connectivity index (χ0n) is 13.5. The van der Waals surface area contributed by atoms with Crippen LogP contribution in [0.2, 0.25) is 0 Å². The van der Waals surface area contributed by atoms with Crippen molar-refractivity contribution in [3.8, 4) is 17.1 Å². The van der Waals surface area contributed by atoms with Gasteiger partial charge in [0.15, 0.2) is 5.76 Å². The maximum absolute atomic E-state index is 13.4. The van der Waals surface area contributed by atoms with E-state index < -0.39 is 12.0 Å². The molecule has 128 valence electrons. The number of hydrogen-bond acceptors (Lipinski definition) is 4. The van der Waals surface area contributed by atoms with Crippen molar-refractivity contribution in [3.63, 3.8) is 0 Å². The summed E-state index contributed by atoms with van der Waals surface area (Å²) in [6, 6.07) is 6.59. The van der Waals surface area contributed by atoms with Crippen molar-refractivity contribution in [2.24, 2.45) is 0 Å². The fourth-order valence-electron chi connectivity index (χ4n) is 3.03. The number of alkyl halides is 2. The minimum absolute atomic E-state index is 0.196. The number of nitrogens with zero attached hydrogens (tertiary/aromatic N) is 2. The van der Waals surface area contributed by atoms with Crippen molar-refractivity contribution < 1.29 is 22.8 Å². The van der Waals surface area contributed by atoms with Gasteiger partial charge in [0.25, 0.3) is 5.91 Å². The van der Waals surface area contributed by atoms with Gasteiger partial charge in [0.05, 0.1) is 18.9 Å². The fourth-order valence-corrected chi connectivity index (χ4v) is 3.03. The second-order valence-corrected chi connectivity index (χ2v) is 5.94. The molecule has 0 spiro atoms. The first-order valence-electron chi connectivity index (χ1n) is 7.66. The highest BCUT2D eigenvalue weighted by molar-refractivity contribution is 5.99. The lowest BCUT2D eigenvalue weighted by atomic mass is 10.1. The molecule has 0 bridgehead atoms. The fraction of sp³-hybridized carbons (Fsp3) is 0.412. The van der Waals surface area contributed by atoms with E-state index in [1.807, 2.05) is 0 Å². The number of carbonyl (C=O) groups is 1. The summed E-state index contributed by atoms with van der Waals surface area (Å²) >= 11 is 0. The Morgan fingerprint density at radius 2 is 2.17 bits per heavy atom. The number of rotatable bonds is 4. The summed E-state index contributed by atoms with van der Waals surface area (Å²) in [5, 5.41) is 3.71. The Labute approximate surface area is 138 Å². The van der Waals surface area contributed by atoms with Crippen LogP contribution in [0.4, 0.5) is 8.78 Å². The van der Waals surface area contributed by atoms with E-state index in [9.17, 15) is 13.6 Å². The molecule has 1 amide bonds. The van der Waals surface area contributed by atoms with Gasteiger partial charge in [-0.2, -0.15) is 0 Å². The molecule has 1 fully saturated rings. The molecule has 7 heteroatoms. The summed E-state index contributed by atoms with van der Waals surface area (Å²) in [4.78, 5) is 14.1. The van der Waals surface area contributed by atoms with Crippen LogP contribution in [0.25, 0.3) is 11.3 Å². The number of hydrogen-bond donors (Lipinski definition) is 0. The van der Waals surface area contributed by atoms with Gasteiger partial charge < -0.3 is 14.2 Å². The molecule has 1 saturated carbocycles. The summed E-state index contributed by atoms with van der Waals surface area (Å²) in [6.45, 7) is 0. The topological polar surface area (TPSA) is 55.6 Å². The van der Waals surface area contributed by atoms with Crippen LogP contribution in [-0.2, 0) is 0 Å². The first-order valence-corrected chi connectivity index (χ1v) is 7.66. The molecule has 1 atom stereocenters. The lowest BCUT2D eigenvalue weighted by Gasteiger charge is -2.24. The number of halogens is 2. The third-order valence-corrected chi connectivity index (χ3v) is 4.40. The van der Waals surface area contributed by atoms with E-state index in [1.54, 1.807) is 24.3 Å². The van der Waals surface area contributed by atoms with E-state index in [-0.39, 0.29) is 36.5 Å². The van der Waals surface area contributed by atoms with Crippen molar-refractivity contribution in [1.82, 2.24) is 10.1 Å². The number of para-hydroxylation sites is 1. The van der Waals surface area contributed by atoms with E-state index in [0.29, 0.717) is 11.3 Å². The maximum Gasteiger partial charge on any atom is 0.259 e. The largest absolute Gasteiger partial charge is 0.496 e. The van der Waals surface area contributed by atoms with Crippen molar-refractivity contribution in [3.05, 3.63) is 36.0 Å². The maximum atomic E-state index is 13.4. The standard InChI is InChI=1S/C17H18F2N2O3/c1-21(11-7-8-17(18,19)9-11)16(22)13-10-20-24-15(13)12-5-3-4-6-14(12)23-2/h3-6,10-11H,7-9H2,1-2H3. The Bertz CT molecular complexity index is 745. The summed E-state index contributed by atoms with van der Waals surface area (Å²) in [5.74, 6) is -2.29. The summed E-state index contributed by atoms with van der Waals surface area (Å²) in [7, 11) is 3.05. The zero-order valence-corrected chi connectivity index (χ0v) is 13.5. The van der Waals surface area contributed by atoms with E-state index >= 15 is 0 Å². The Balaban J connectivity index is 1.89. The van der Waals surface area contributed by atoms with Gasteiger partial charge >= 0.3 is 0 Å². The smallest absolute Gasteiger partial charge is 0.259 e. The Hall–Kier alpha value is -2.44. The summed E-state index contributed by atoms with van der Waals surface area (Å²) in [6.07, 6.45) is 1.08. The van der Waals surface area contributed by atoms with Crippen LogP contribution in [0.1, 0.15) is 29.6 Å². The van der Waals surface area contributed by atoms with Gasteiger partial charge in [0.2, 0.25) is 5.92 Å². The van der Waals surface area contributed by atoms with Crippen LogP contribution < -0.4 is 4.74 Å². The molecular weight excluding hydrogens is 318 g/mol. The molecule has 1 aliphatic carbocycles. The van der Waals surface area contributed by atoms with E-state index in [0.717, 1.165) is 0 Å². The third kappa shape index (κ3) is 2.98. The minimum Gasteiger partial charge on any atom is -0.496 e. The molecule has 0 radical (unpaired) electrons. The predicted molar refractivity (Wildman–Crippen MR) is 83.2 cm³/mol. The number of aromatic nitrogens is 1. The second-order valence-electron chi connectivity index (χ2n) is 5.94. The highest BCUT2D eigenvalue weighted by atomic mass is 19.3. The molecule has 3 rings (SSSR count). The predicted octanol–water partition coefficient (Wildman–Crippen LogP) is 3.61. The number of ether oxygens (including phenoxy) is 1. The molecule has 1 heterocycles. The van der Waals surface area contributed by atoms with Crippen LogP contribution >= 0.6 is 0 Å². The van der Waals surface area contributed by atoms with Crippen molar-refractivity contribution >= 4 is 5.91 Å². The first kappa shape index (κ1) is 16.4. The number of methoxy groups -OCH3 is 1. The number of carbonyl (C=O) groups excluding carboxylic acids is 1. The summed E-state index contributed by atoms with van der Waals surface area (Å²) in [5.41, 5.74) is 0.822. The van der Waals surface area contributed by atoms with Crippen LogP contribution in [0.3, 0.4) is 0 Å². The average Bonchev–Trinajstić information content (AvgIpc) is 3.19. The molecule has 1 aliphatic rings. The highest BCUT2D eigenvalue weighted by Gasteiger charge is 2.42. The minimum atomic E-state index is -2.71. The normalized spacial score (nSPS) is 19.2. The van der Waals surface area contributed by atoms with Gasteiger partial charge in [-0.1, -0.05) is 17.3 Å². The van der Waals surface area contributed by atoms with E-state index in [1.165, 1.54) is 25.3 Å².